The number of nitrogens with two attached hydrogens (primary N) is 1. The highest BCUT2D eigenvalue weighted by molar-refractivity contribution is 6.06. The molecule has 5 heteroatoms. The highest BCUT2D eigenvalue weighted by Crippen LogP contribution is 2.20. The summed E-state index contributed by atoms with van der Waals surface area (Å²) in [5.41, 5.74) is 6.47. The lowest BCUT2D eigenvalue weighted by Crippen LogP contribution is -2.12. The van der Waals surface area contributed by atoms with Crippen LogP contribution in [0.3, 0.4) is 0 Å². The molecule has 4 nitrogen and oxygen atoms in total. The molecule has 0 saturated heterocycles. The molecule has 2 rings (SSSR count). The minimum atomic E-state index is -0.588. The van der Waals surface area contributed by atoms with Gasteiger partial charge in [-0.3, -0.25) is 4.79 Å². The fourth-order valence-electron chi connectivity index (χ4n) is 1.46. The van der Waals surface area contributed by atoms with Gasteiger partial charge in [0.2, 0.25) is 0 Å². The SMILES string of the molecule is Nc1ccc(NC(=O)c2cc(F)ccc2O)cc1. The second-order valence-corrected chi connectivity index (χ2v) is 3.74. The Morgan fingerprint density at radius 1 is 1.17 bits per heavy atom. The van der Waals surface area contributed by atoms with Crippen LogP contribution in [-0.4, -0.2) is 11.0 Å². The normalized spacial score (nSPS) is 10.1. The average Bonchev–Trinajstić information content (AvgIpc) is 2.35. The molecule has 4 N–H and O–H groups in total. The Hall–Kier alpha value is -2.56. The molecule has 2 aromatic carbocycles. The van der Waals surface area contributed by atoms with Crippen LogP contribution in [0.15, 0.2) is 42.5 Å². The van der Waals surface area contributed by atoms with Gasteiger partial charge in [-0.25, -0.2) is 4.39 Å². The number of hydrogen-bond donors (Lipinski definition) is 3. The first-order valence-electron chi connectivity index (χ1n) is 5.21. The van der Waals surface area contributed by atoms with E-state index in [1.807, 2.05) is 0 Å². The van der Waals surface area contributed by atoms with Gasteiger partial charge in [-0.15, -0.1) is 0 Å². The third-order valence-corrected chi connectivity index (χ3v) is 2.37. The number of carbonyl (C=O) groups excluding carboxylic acids is 1. The van der Waals surface area contributed by atoms with Gasteiger partial charge in [0.1, 0.15) is 11.6 Å². The molecule has 0 bridgehead atoms. The number of nitrogens with one attached hydrogen (secondary N) is 1. The van der Waals surface area contributed by atoms with Crippen LogP contribution in [0.1, 0.15) is 10.4 Å². The number of rotatable bonds is 2. The van der Waals surface area contributed by atoms with E-state index in [9.17, 15) is 14.3 Å². The molecule has 0 aliphatic rings. The van der Waals surface area contributed by atoms with Crippen LogP contribution in [0.2, 0.25) is 0 Å². The van der Waals surface area contributed by atoms with Gasteiger partial charge < -0.3 is 16.2 Å². The first-order chi connectivity index (χ1) is 8.56. The third kappa shape index (κ3) is 2.57. The number of phenols is 1. The van der Waals surface area contributed by atoms with Crippen molar-refractivity contribution in [3.8, 4) is 5.75 Å². The minimum Gasteiger partial charge on any atom is -0.507 e. The quantitative estimate of drug-likeness (QED) is 0.712. The van der Waals surface area contributed by atoms with Crippen LogP contribution in [-0.2, 0) is 0 Å². The summed E-state index contributed by atoms with van der Waals surface area (Å²) in [6, 6.07) is 9.67. The van der Waals surface area contributed by atoms with Crippen LogP contribution in [0, 0.1) is 5.82 Å². The van der Waals surface area contributed by atoms with Gasteiger partial charge in [0.05, 0.1) is 5.56 Å². The number of hydrogen-bond acceptors (Lipinski definition) is 3. The molecule has 0 unspecified atom stereocenters. The van der Waals surface area contributed by atoms with Crippen molar-refractivity contribution >= 4 is 17.3 Å². The zero-order chi connectivity index (χ0) is 13.1. The van der Waals surface area contributed by atoms with E-state index >= 15 is 0 Å². The van der Waals surface area contributed by atoms with Gasteiger partial charge in [-0.2, -0.15) is 0 Å². The van der Waals surface area contributed by atoms with Gasteiger partial charge in [0.25, 0.3) is 5.91 Å². The predicted molar refractivity (Wildman–Crippen MR) is 66.9 cm³/mol. The Labute approximate surface area is 103 Å². The smallest absolute Gasteiger partial charge is 0.259 e. The maximum absolute atomic E-state index is 13.0. The Balaban J connectivity index is 2.21. The summed E-state index contributed by atoms with van der Waals surface area (Å²) < 4.78 is 13.0. The molecular formula is C13H11FN2O2. The Kier molecular flexibility index (Phi) is 3.14. The van der Waals surface area contributed by atoms with Crippen LogP contribution in [0.5, 0.6) is 5.75 Å². The van der Waals surface area contributed by atoms with E-state index in [1.165, 1.54) is 0 Å². The minimum absolute atomic E-state index is 0.119. The number of anilines is 2. The molecule has 92 valence electrons. The Bertz CT molecular complexity index is 582. The van der Waals surface area contributed by atoms with Gasteiger partial charge >= 0.3 is 0 Å². The molecule has 0 spiro atoms. The van der Waals surface area contributed by atoms with Gasteiger partial charge in [-0.1, -0.05) is 0 Å². The second kappa shape index (κ2) is 4.75. The van der Waals surface area contributed by atoms with Crippen LogP contribution < -0.4 is 11.1 Å². The van der Waals surface area contributed by atoms with E-state index < -0.39 is 11.7 Å². The van der Waals surface area contributed by atoms with Crippen molar-refractivity contribution in [2.75, 3.05) is 11.1 Å². The lowest BCUT2D eigenvalue weighted by atomic mass is 10.1. The van der Waals surface area contributed by atoms with Crippen LogP contribution >= 0.6 is 0 Å². The highest BCUT2D eigenvalue weighted by atomic mass is 19.1. The number of benzene rings is 2. The number of halogens is 1. The summed E-state index contributed by atoms with van der Waals surface area (Å²) in [6.07, 6.45) is 0. The summed E-state index contributed by atoms with van der Waals surface area (Å²) in [7, 11) is 0. The number of nitrogen functional groups attached to an aromatic ring is 1. The largest absolute Gasteiger partial charge is 0.507 e. The number of amides is 1. The lowest BCUT2D eigenvalue weighted by molar-refractivity contribution is 0.102. The third-order valence-electron chi connectivity index (χ3n) is 2.37. The fraction of sp³-hybridized carbons (Fsp3) is 0. The maximum atomic E-state index is 13.0. The van der Waals surface area contributed by atoms with Crippen molar-refractivity contribution in [3.05, 3.63) is 53.8 Å². The Morgan fingerprint density at radius 2 is 1.83 bits per heavy atom. The van der Waals surface area contributed by atoms with Gasteiger partial charge in [0.15, 0.2) is 0 Å². The molecule has 1 amide bonds. The molecule has 0 aliphatic carbocycles. The van der Waals surface area contributed by atoms with E-state index in [0.29, 0.717) is 11.4 Å². The average molecular weight is 246 g/mol. The van der Waals surface area contributed by atoms with Crippen LogP contribution in [0.25, 0.3) is 0 Å². The molecule has 0 aromatic heterocycles. The zero-order valence-corrected chi connectivity index (χ0v) is 9.35. The molecule has 0 atom stereocenters. The molecule has 0 heterocycles. The molecule has 0 saturated carbocycles. The van der Waals surface area contributed by atoms with Crippen molar-refractivity contribution in [3.63, 3.8) is 0 Å². The molecule has 2 aromatic rings. The van der Waals surface area contributed by atoms with E-state index in [0.717, 1.165) is 18.2 Å². The summed E-state index contributed by atoms with van der Waals surface area (Å²) in [5.74, 6) is -1.45. The van der Waals surface area contributed by atoms with Crippen molar-refractivity contribution in [2.24, 2.45) is 0 Å². The van der Waals surface area contributed by atoms with Gasteiger partial charge in [-0.05, 0) is 42.5 Å². The van der Waals surface area contributed by atoms with E-state index in [-0.39, 0.29) is 11.3 Å². The molecular weight excluding hydrogens is 235 g/mol. The number of carbonyl (C=O) groups is 1. The molecule has 0 radical (unpaired) electrons. The first-order valence-corrected chi connectivity index (χ1v) is 5.21. The van der Waals surface area contributed by atoms with Crippen molar-refractivity contribution in [2.45, 2.75) is 0 Å². The number of phenolic OH excluding ortho intramolecular Hbond substituents is 1. The van der Waals surface area contributed by atoms with E-state index in [4.69, 9.17) is 5.73 Å². The van der Waals surface area contributed by atoms with Gasteiger partial charge in [0, 0.05) is 11.4 Å². The first kappa shape index (κ1) is 11.9. The van der Waals surface area contributed by atoms with E-state index in [1.54, 1.807) is 24.3 Å². The van der Waals surface area contributed by atoms with Crippen molar-refractivity contribution in [1.29, 1.82) is 0 Å². The monoisotopic (exact) mass is 246 g/mol. The number of aromatic hydroxyl groups is 1. The van der Waals surface area contributed by atoms with E-state index in [2.05, 4.69) is 5.32 Å². The van der Waals surface area contributed by atoms with Crippen LogP contribution in [0.4, 0.5) is 15.8 Å². The summed E-state index contributed by atoms with van der Waals surface area (Å²) >= 11 is 0. The topological polar surface area (TPSA) is 75.3 Å². The molecule has 18 heavy (non-hydrogen) atoms. The highest BCUT2D eigenvalue weighted by Gasteiger charge is 2.12. The molecule has 0 fully saturated rings. The standard InChI is InChI=1S/C13H11FN2O2/c14-8-1-6-12(17)11(7-8)13(18)16-10-4-2-9(15)3-5-10/h1-7,17H,15H2,(H,16,18). The summed E-state index contributed by atoms with van der Waals surface area (Å²) in [6.45, 7) is 0. The van der Waals surface area contributed by atoms with Crippen molar-refractivity contribution in [1.82, 2.24) is 0 Å². The fourth-order valence-corrected chi connectivity index (χ4v) is 1.46. The molecule has 0 aliphatic heterocycles. The lowest BCUT2D eigenvalue weighted by Gasteiger charge is -2.07. The zero-order valence-electron chi connectivity index (χ0n) is 9.35. The maximum Gasteiger partial charge on any atom is 0.259 e. The van der Waals surface area contributed by atoms with Crippen molar-refractivity contribution < 1.29 is 14.3 Å². The second-order valence-electron chi connectivity index (χ2n) is 3.74. The summed E-state index contributed by atoms with van der Waals surface area (Å²) in [4.78, 5) is 11.8. The Morgan fingerprint density at radius 3 is 2.50 bits per heavy atom. The summed E-state index contributed by atoms with van der Waals surface area (Å²) in [5, 5.41) is 12.0. The predicted octanol–water partition coefficient (Wildman–Crippen LogP) is 2.37.